The molecule has 0 fully saturated rings. The van der Waals surface area contributed by atoms with E-state index in [0.29, 0.717) is 17.4 Å². The van der Waals surface area contributed by atoms with E-state index in [1.54, 1.807) is 6.07 Å². The van der Waals surface area contributed by atoms with Crippen LogP contribution in [-0.2, 0) is 0 Å². The van der Waals surface area contributed by atoms with Crippen LogP contribution in [0, 0.1) is 0 Å². The first-order valence-corrected chi connectivity index (χ1v) is 7.57. The summed E-state index contributed by atoms with van der Waals surface area (Å²) in [6.45, 7) is 2.39. The Hall–Kier alpha value is -2.53. The smallest absolute Gasteiger partial charge is 0.196 e. The van der Waals surface area contributed by atoms with Crippen molar-refractivity contribution in [2.45, 2.75) is 13.3 Å². The summed E-state index contributed by atoms with van der Waals surface area (Å²) in [6.07, 6.45) is 0.780. The van der Waals surface area contributed by atoms with Gasteiger partial charge in [0.2, 0.25) is 0 Å². The van der Waals surface area contributed by atoms with Crippen molar-refractivity contribution in [1.29, 1.82) is 0 Å². The number of benzene rings is 2. The molecule has 6 heteroatoms. The van der Waals surface area contributed by atoms with Gasteiger partial charge in [-0.05, 0) is 24.6 Å². The number of nitrogen functional groups attached to an aromatic ring is 2. The fourth-order valence-electron chi connectivity index (χ4n) is 2.68. The van der Waals surface area contributed by atoms with Crippen LogP contribution in [0.4, 0.5) is 11.4 Å². The zero-order chi connectivity index (χ0) is 16.7. The molecule has 1 aliphatic carbocycles. The van der Waals surface area contributed by atoms with E-state index in [1.165, 1.54) is 18.2 Å². The molecule has 0 radical (unpaired) electrons. The van der Waals surface area contributed by atoms with E-state index in [9.17, 15) is 9.59 Å². The highest BCUT2D eigenvalue weighted by atomic mass is 35.5. The Labute approximate surface area is 138 Å². The van der Waals surface area contributed by atoms with Crippen molar-refractivity contribution in [1.82, 2.24) is 0 Å². The second kappa shape index (κ2) is 5.59. The molecule has 0 unspecified atom stereocenters. The SMILES string of the molecule is CCCOc1cc(N)c2c(c1N)C(=O)c1cc(Cl)ccc1C2=O. The van der Waals surface area contributed by atoms with Crippen LogP contribution in [0.15, 0.2) is 24.3 Å². The Morgan fingerprint density at radius 1 is 1.04 bits per heavy atom. The zero-order valence-electron chi connectivity index (χ0n) is 12.5. The van der Waals surface area contributed by atoms with Crippen molar-refractivity contribution in [3.8, 4) is 5.75 Å². The molecule has 0 saturated carbocycles. The van der Waals surface area contributed by atoms with Gasteiger partial charge in [0, 0.05) is 27.9 Å². The van der Waals surface area contributed by atoms with Crippen LogP contribution in [0.1, 0.15) is 45.2 Å². The lowest BCUT2D eigenvalue weighted by atomic mass is 9.82. The molecule has 4 N–H and O–H groups in total. The zero-order valence-corrected chi connectivity index (χ0v) is 13.2. The Bertz CT molecular complexity index is 846. The Morgan fingerprint density at radius 3 is 2.43 bits per heavy atom. The van der Waals surface area contributed by atoms with Gasteiger partial charge in [0.1, 0.15) is 5.75 Å². The first-order valence-electron chi connectivity index (χ1n) is 7.19. The number of rotatable bonds is 3. The van der Waals surface area contributed by atoms with Crippen LogP contribution in [0.2, 0.25) is 5.02 Å². The number of carbonyl (C=O) groups excluding carboxylic acids is 2. The summed E-state index contributed by atoms with van der Waals surface area (Å²) in [6, 6.07) is 6.05. The summed E-state index contributed by atoms with van der Waals surface area (Å²) in [5.74, 6) is -0.393. The number of hydrogen-bond acceptors (Lipinski definition) is 5. The molecule has 5 nitrogen and oxygen atoms in total. The van der Waals surface area contributed by atoms with Crippen LogP contribution in [0.3, 0.4) is 0 Å². The quantitative estimate of drug-likeness (QED) is 0.719. The third-order valence-electron chi connectivity index (χ3n) is 3.75. The minimum atomic E-state index is -0.372. The van der Waals surface area contributed by atoms with Crippen molar-refractivity contribution in [3.63, 3.8) is 0 Å². The molecule has 0 bridgehead atoms. The van der Waals surface area contributed by atoms with E-state index >= 15 is 0 Å². The average molecular weight is 331 g/mol. The van der Waals surface area contributed by atoms with Gasteiger partial charge in [-0.15, -0.1) is 0 Å². The molecular formula is C17H15ClN2O3. The Morgan fingerprint density at radius 2 is 1.74 bits per heavy atom. The van der Waals surface area contributed by atoms with Crippen molar-refractivity contribution >= 4 is 34.5 Å². The molecule has 118 valence electrons. The van der Waals surface area contributed by atoms with Gasteiger partial charge in [0.15, 0.2) is 11.6 Å². The first-order chi connectivity index (χ1) is 11.0. The normalized spacial score (nSPS) is 12.8. The summed E-state index contributed by atoms with van der Waals surface area (Å²) >= 11 is 5.94. The summed E-state index contributed by atoms with van der Waals surface area (Å²) in [5.41, 5.74) is 13.1. The molecule has 0 aliphatic heterocycles. The van der Waals surface area contributed by atoms with E-state index < -0.39 is 0 Å². The van der Waals surface area contributed by atoms with Gasteiger partial charge >= 0.3 is 0 Å². The second-order valence-electron chi connectivity index (χ2n) is 5.32. The van der Waals surface area contributed by atoms with E-state index in [4.69, 9.17) is 27.8 Å². The van der Waals surface area contributed by atoms with Gasteiger partial charge in [-0.2, -0.15) is 0 Å². The van der Waals surface area contributed by atoms with E-state index in [0.717, 1.165) is 6.42 Å². The molecule has 0 amide bonds. The minimum absolute atomic E-state index is 0.0934. The molecule has 1 aliphatic rings. The Balaban J connectivity index is 2.25. The van der Waals surface area contributed by atoms with Gasteiger partial charge in [-0.1, -0.05) is 18.5 Å². The van der Waals surface area contributed by atoms with Crippen LogP contribution >= 0.6 is 11.6 Å². The van der Waals surface area contributed by atoms with Crippen LogP contribution < -0.4 is 16.2 Å². The second-order valence-corrected chi connectivity index (χ2v) is 5.76. The lowest BCUT2D eigenvalue weighted by Crippen LogP contribution is -2.24. The molecule has 0 atom stereocenters. The third kappa shape index (κ3) is 2.33. The number of fused-ring (bicyclic) bond motifs is 2. The number of nitrogens with two attached hydrogens (primary N) is 2. The number of ketones is 2. The highest BCUT2D eigenvalue weighted by molar-refractivity contribution is 6.35. The monoisotopic (exact) mass is 330 g/mol. The van der Waals surface area contributed by atoms with E-state index in [2.05, 4.69) is 0 Å². The largest absolute Gasteiger partial charge is 0.491 e. The van der Waals surface area contributed by atoms with E-state index in [1.807, 2.05) is 6.92 Å². The molecule has 0 heterocycles. The summed E-state index contributed by atoms with van der Waals surface area (Å²) in [5, 5.41) is 0.373. The lowest BCUT2D eigenvalue weighted by molar-refractivity contribution is 0.0980. The Kier molecular flexibility index (Phi) is 3.74. The maximum Gasteiger partial charge on any atom is 0.196 e. The van der Waals surface area contributed by atoms with Crippen LogP contribution in [0.25, 0.3) is 0 Å². The van der Waals surface area contributed by atoms with Crippen molar-refractivity contribution in [3.05, 3.63) is 51.5 Å². The highest BCUT2D eigenvalue weighted by Gasteiger charge is 2.34. The number of ether oxygens (including phenoxy) is 1. The molecule has 2 aromatic carbocycles. The lowest BCUT2D eigenvalue weighted by Gasteiger charge is -2.22. The number of carbonyl (C=O) groups is 2. The first kappa shape index (κ1) is 15.4. The molecule has 0 spiro atoms. The third-order valence-corrected chi connectivity index (χ3v) is 3.98. The average Bonchev–Trinajstić information content (AvgIpc) is 2.52. The van der Waals surface area contributed by atoms with Crippen molar-refractivity contribution in [2.75, 3.05) is 18.1 Å². The number of anilines is 2. The maximum absolute atomic E-state index is 12.8. The molecule has 2 aromatic rings. The van der Waals surface area contributed by atoms with Gasteiger partial charge in [-0.25, -0.2) is 0 Å². The number of hydrogen-bond donors (Lipinski definition) is 2. The standard InChI is InChI=1S/C17H15ClN2O3/c1-2-5-23-12-7-11(19)13-14(15(12)20)17(22)10-6-8(18)3-4-9(10)16(13)21/h3-4,6-7H,2,5,19-20H2,1H3. The summed E-state index contributed by atoms with van der Waals surface area (Å²) in [4.78, 5) is 25.5. The van der Waals surface area contributed by atoms with Crippen LogP contribution in [-0.4, -0.2) is 18.2 Å². The van der Waals surface area contributed by atoms with Crippen molar-refractivity contribution < 1.29 is 14.3 Å². The van der Waals surface area contributed by atoms with Gasteiger partial charge in [-0.3, -0.25) is 9.59 Å². The van der Waals surface area contributed by atoms with Crippen LogP contribution in [0.5, 0.6) is 5.75 Å². The molecular weight excluding hydrogens is 316 g/mol. The number of halogens is 1. The molecule has 0 saturated heterocycles. The predicted octanol–water partition coefficient (Wildman–Crippen LogP) is 3.07. The molecule has 3 rings (SSSR count). The van der Waals surface area contributed by atoms with Gasteiger partial charge < -0.3 is 16.2 Å². The van der Waals surface area contributed by atoms with Gasteiger partial charge in [0.25, 0.3) is 0 Å². The predicted molar refractivity (Wildman–Crippen MR) is 89.4 cm³/mol. The van der Waals surface area contributed by atoms with E-state index in [-0.39, 0.29) is 45.2 Å². The topological polar surface area (TPSA) is 95.4 Å². The maximum atomic E-state index is 12.8. The van der Waals surface area contributed by atoms with Crippen molar-refractivity contribution in [2.24, 2.45) is 0 Å². The highest BCUT2D eigenvalue weighted by Crippen LogP contribution is 2.40. The molecule has 23 heavy (non-hydrogen) atoms. The fourth-order valence-corrected chi connectivity index (χ4v) is 2.85. The minimum Gasteiger partial charge on any atom is -0.491 e. The molecule has 0 aromatic heterocycles. The fraction of sp³-hybridized carbons (Fsp3) is 0.176. The summed E-state index contributed by atoms with van der Waals surface area (Å²) < 4.78 is 5.53. The van der Waals surface area contributed by atoms with Gasteiger partial charge in [0.05, 0.1) is 23.4 Å². The summed E-state index contributed by atoms with van der Waals surface area (Å²) in [7, 11) is 0.